The zero-order chi connectivity index (χ0) is 13.9. The summed E-state index contributed by atoms with van der Waals surface area (Å²) in [5.41, 5.74) is 0. The standard InChI is InChI=1S/C9H12BrNO4S3/c1-5(16-2)4-11-18(14,15)7-3-6(9(12)13)17-8(7)10/h3,5,11H,4H2,1-2H3,(H,12,13). The normalized spacial score (nSPS) is 13.5. The molecule has 102 valence electrons. The second-order valence-corrected chi connectivity index (χ2v) is 8.83. The average molecular weight is 374 g/mol. The molecular formula is C9H12BrNO4S3. The molecular weight excluding hydrogens is 362 g/mol. The van der Waals surface area contributed by atoms with Gasteiger partial charge in [-0.2, -0.15) is 11.8 Å². The van der Waals surface area contributed by atoms with Crippen molar-refractivity contribution in [1.29, 1.82) is 0 Å². The third kappa shape index (κ3) is 3.95. The number of hydrogen-bond acceptors (Lipinski definition) is 5. The van der Waals surface area contributed by atoms with E-state index in [4.69, 9.17) is 5.11 Å². The lowest BCUT2D eigenvalue weighted by Gasteiger charge is -2.09. The lowest BCUT2D eigenvalue weighted by molar-refractivity contribution is 0.0702. The van der Waals surface area contributed by atoms with Gasteiger partial charge in [0.05, 0.1) is 3.79 Å². The summed E-state index contributed by atoms with van der Waals surface area (Å²) >= 11 is 5.50. The van der Waals surface area contributed by atoms with Crippen LogP contribution in [0.15, 0.2) is 14.7 Å². The summed E-state index contributed by atoms with van der Waals surface area (Å²) in [4.78, 5) is 10.7. The van der Waals surface area contributed by atoms with Crippen molar-refractivity contribution in [3.8, 4) is 0 Å². The number of thioether (sulfide) groups is 1. The van der Waals surface area contributed by atoms with Gasteiger partial charge in [-0.3, -0.25) is 0 Å². The quantitative estimate of drug-likeness (QED) is 0.798. The van der Waals surface area contributed by atoms with Crippen molar-refractivity contribution < 1.29 is 18.3 Å². The minimum Gasteiger partial charge on any atom is -0.477 e. The highest BCUT2D eigenvalue weighted by atomic mass is 79.9. The molecule has 0 radical (unpaired) electrons. The summed E-state index contributed by atoms with van der Waals surface area (Å²) in [5.74, 6) is -1.14. The van der Waals surface area contributed by atoms with Crippen molar-refractivity contribution >= 4 is 55.0 Å². The van der Waals surface area contributed by atoms with Gasteiger partial charge in [0.1, 0.15) is 9.77 Å². The fourth-order valence-corrected chi connectivity index (χ4v) is 4.92. The highest BCUT2D eigenvalue weighted by molar-refractivity contribution is 9.11. The topological polar surface area (TPSA) is 83.5 Å². The Labute approximate surface area is 122 Å². The summed E-state index contributed by atoms with van der Waals surface area (Å²) in [5, 5.41) is 8.96. The lowest BCUT2D eigenvalue weighted by Crippen LogP contribution is -2.29. The van der Waals surface area contributed by atoms with Crippen LogP contribution in [-0.4, -0.2) is 37.5 Å². The molecule has 2 N–H and O–H groups in total. The third-order valence-electron chi connectivity index (χ3n) is 2.12. The van der Waals surface area contributed by atoms with Crippen LogP contribution in [0.2, 0.25) is 0 Å². The first-order valence-corrected chi connectivity index (χ1v) is 9.21. The molecule has 0 saturated heterocycles. The van der Waals surface area contributed by atoms with E-state index in [-0.39, 0.29) is 15.0 Å². The summed E-state index contributed by atoms with van der Waals surface area (Å²) in [6.45, 7) is 2.20. The van der Waals surface area contributed by atoms with E-state index in [0.29, 0.717) is 10.3 Å². The second-order valence-electron chi connectivity index (χ2n) is 3.45. The van der Waals surface area contributed by atoms with E-state index in [1.807, 2.05) is 13.2 Å². The van der Waals surface area contributed by atoms with Gasteiger partial charge in [-0.25, -0.2) is 17.9 Å². The van der Waals surface area contributed by atoms with E-state index >= 15 is 0 Å². The van der Waals surface area contributed by atoms with Gasteiger partial charge in [-0.15, -0.1) is 11.3 Å². The average Bonchev–Trinajstić information content (AvgIpc) is 2.69. The molecule has 9 heteroatoms. The number of halogens is 1. The van der Waals surface area contributed by atoms with Crippen LogP contribution in [0.3, 0.4) is 0 Å². The van der Waals surface area contributed by atoms with Crippen LogP contribution in [0.5, 0.6) is 0 Å². The number of thiophene rings is 1. The van der Waals surface area contributed by atoms with Gasteiger partial charge >= 0.3 is 5.97 Å². The molecule has 0 fully saturated rings. The number of hydrogen-bond donors (Lipinski definition) is 2. The number of nitrogens with one attached hydrogen (secondary N) is 1. The molecule has 1 aromatic heterocycles. The fourth-order valence-electron chi connectivity index (χ4n) is 1.03. The van der Waals surface area contributed by atoms with Gasteiger partial charge in [-0.1, -0.05) is 6.92 Å². The predicted molar refractivity (Wildman–Crippen MR) is 77.1 cm³/mol. The zero-order valence-corrected chi connectivity index (χ0v) is 13.7. The molecule has 0 bridgehead atoms. The molecule has 5 nitrogen and oxygen atoms in total. The number of carboxylic acids is 1. The molecule has 0 amide bonds. The first kappa shape index (κ1) is 16.0. The van der Waals surface area contributed by atoms with E-state index in [0.717, 1.165) is 17.4 Å². The molecule has 0 aliphatic heterocycles. The Morgan fingerprint density at radius 2 is 2.28 bits per heavy atom. The smallest absolute Gasteiger partial charge is 0.345 e. The Kier molecular flexibility index (Phi) is 5.66. The van der Waals surface area contributed by atoms with E-state index in [2.05, 4.69) is 20.7 Å². The molecule has 0 saturated carbocycles. The number of sulfonamides is 1. The lowest BCUT2D eigenvalue weighted by atomic mass is 10.5. The van der Waals surface area contributed by atoms with Crippen LogP contribution < -0.4 is 4.72 Å². The Balaban J connectivity index is 2.95. The van der Waals surface area contributed by atoms with Crippen LogP contribution in [0.4, 0.5) is 0 Å². The second kappa shape index (κ2) is 6.38. The van der Waals surface area contributed by atoms with Crippen molar-refractivity contribution in [1.82, 2.24) is 4.72 Å². The first-order valence-electron chi connectivity index (χ1n) is 4.83. The van der Waals surface area contributed by atoms with Gasteiger partial charge < -0.3 is 5.11 Å². The van der Waals surface area contributed by atoms with Crippen LogP contribution >= 0.6 is 39.0 Å². The van der Waals surface area contributed by atoms with Crippen molar-refractivity contribution in [3.05, 3.63) is 14.7 Å². The monoisotopic (exact) mass is 373 g/mol. The van der Waals surface area contributed by atoms with Gasteiger partial charge in [-0.05, 0) is 28.3 Å². The molecule has 1 heterocycles. The summed E-state index contributed by atoms with van der Waals surface area (Å²) in [6, 6.07) is 1.16. The molecule has 1 rings (SSSR count). The van der Waals surface area contributed by atoms with Crippen LogP contribution in [0.25, 0.3) is 0 Å². The van der Waals surface area contributed by atoms with Crippen LogP contribution in [-0.2, 0) is 10.0 Å². The molecule has 1 aromatic rings. The van der Waals surface area contributed by atoms with E-state index in [1.54, 1.807) is 11.8 Å². The molecule has 0 aromatic carbocycles. The van der Waals surface area contributed by atoms with Crippen molar-refractivity contribution in [2.24, 2.45) is 0 Å². The molecule has 1 atom stereocenters. The molecule has 18 heavy (non-hydrogen) atoms. The first-order chi connectivity index (χ1) is 8.27. The Morgan fingerprint density at radius 1 is 1.67 bits per heavy atom. The number of carboxylic acid groups (broad SMARTS) is 1. The number of carbonyl (C=O) groups is 1. The van der Waals surface area contributed by atoms with E-state index in [1.165, 1.54) is 0 Å². The van der Waals surface area contributed by atoms with Crippen molar-refractivity contribution in [2.45, 2.75) is 17.1 Å². The van der Waals surface area contributed by atoms with E-state index < -0.39 is 16.0 Å². The Bertz CT molecular complexity index is 540. The summed E-state index contributed by atoms with van der Waals surface area (Å²) in [7, 11) is -3.67. The maximum absolute atomic E-state index is 12.0. The number of rotatable bonds is 6. The maximum atomic E-state index is 12.0. The largest absolute Gasteiger partial charge is 0.477 e. The van der Waals surface area contributed by atoms with Gasteiger partial charge in [0.15, 0.2) is 0 Å². The minimum atomic E-state index is -3.67. The highest BCUT2D eigenvalue weighted by Gasteiger charge is 2.23. The number of aromatic carboxylic acids is 1. The Hall–Kier alpha value is -0.0900. The highest BCUT2D eigenvalue weighted by Crippen LogP contribution is 2.31. The van der Waals surface area contributed by atoms with Crippen molar-refractivity contribution in [3.63, 3.8) is 0 Å². The predicted octanol–water partition coefficient (Wildman–Crippen LogP) is 2.24. The SMILES string of the molecule is CSC(C)CNS(=O)(=O)c1cc(C(=O)O)sc1Br. The molecule has 0 aliphatic rings. The fraction of sp³-hybridized carbons (Fsp3) is 0.444. The molecule has 0 spiro atoms. The van der Waals surface area contributed by atoms with E-state index in [9.17, 15) is 13.2 Å². The summed E-state index contributed by atoms with van der Waals surface area (Å²) in [6.07, 6.45) is 1.89. The summed E-state index contributed by atoms with van der Waals surface area (Å²) < 4.78 is 26.7. The van der Waals surface area contributed by atoms with Crippen LogP contribution in [0.1, 0.15) is 16.6 Å². The molecule has 0 aliphatic carbocycles. The third-order valence-corrected chi connectivity index (χ3v) is 6.75. The van der Waals surface area contributed by atoms with Crippen molar-refractivity contribution in [2.75, 3.05) is 12.8 Å². The maximum Gasteiger partial charge on any atom is 0.345 e. The molecule has 1 unspecified atom stereocenters. The van der Waals surface area contributed by atoms with Gasteiger partial charge in [0.25, 0.3) is 0 Å². The van der Waals surface area contributed by atoms with Gasteiger partial charge in [0, 0.05) is 11.8 Å². The minimum absolute atomic E-state index is 0.0137. The Morgan fingerprint density at radius 3 is 2.72 bits per heavy atom. The zero-order valence-electron chi connectivity index (χ0n) is 9.64. The van der Waals surface area contributed by atoms with Gasteiger partial charge in [0.2, 0.25) is 10.0 Å². The van der Waals surface area contributed by atoms with Crippen LogP contribution in [0, 0.1) is 0 Å².